The summed E-state index contributed by atoms with van der Waals surface area (Å²) in [6.07, 6.45) is 12.9. The number of fused-ring (bicyclic) bond motifs is 1. The van der Waals surface area contributed by atoms with Crippen molar-refractivity contribution in [1.82, 2.24) is 10.2 Å². The van der Waals surface area contributed by atoms with E-state index < -0.39 is 0 Å². The van der Waals surface area contributed by atoms with Crippen LogP contribution >= 0.6 is 0 Å². The number of nitrogens with one attached hydrogen (secondary N) is 1. The molecule has 2 aromatic carbocycles. The molecule has 1 saturated heterocycles. The highest BCUT2D eigenvalue weighted by molar-refractivity contribution is 6.00. The van der Waals surface area contributed by atoms with Crippen LogP contribution in [0.5, 0.6) is 5.75 Å². The van der Waals surface area contributed by atoms with Gasteiger partial charge in [0.25, 0.3) is 5.84 Å². The molecule has 7 nitrogen and oxygen atoms in total. The predicted octanol–water partition coefficient (Wildman–Crippen LogP) is 4.97. The summed E-state index contributed by atoms with van der Waals surface area (Å²) in [5.74, 6) is 9.83. The highest BCUT2D eigenvalue weighted by atomic mass is 16.5. The molecule has 1 unspecified atom stereocenters. The van der Waals surface area contributed by atoms with Crippen molar-refractivity contribution in [1.29, 1.82) is 0 Å². The summed E-state index contributed by atoms with van der Waals surface area (Å²) >= 11 is 0. The second-order valence-electron chi connectivity index (χ2n) is 11.6. The van der Waals surface area contributed by atoms with Gasteiger partial charge in [0, 0.05) is 12.0 Å². The number of likely N-dealkylation sites (tertiary alicyclic amines) is 1. The first-order valence-corrected chi connectivity index (χ1v) is 14.5. The van der Waals surface area contributed by atoms with Crippen LogP contribution in [0.3, 0.4) is 0 Å². The largest absolute Gasteiger partial charge is 0.489 e. The summed E-state index contributed by atoms with van der Waals surface area (Å²) in [7, 11) is 2.22. The Hall–Kier alpha value is -3.10. The van der Waals surface area contributed by atoms with Crippen molar-refractivity contribution >= 4 is 12.1 Å². The van der Waals surface area contributed by atoms with Gasteiger partial charge in [-0.3, -0.25) is 4.99 Å². The summed E-state index contributed by atoms with van der Waals surface area (Å²) in [5.41, 5.74) is 4.22. The lowest BCUT2D eigenvalue weighted by atomic mass is 9.80. The summed E-state index contributed by atoms with van der Waals surface area (Å²) < 4.78 is 6.19. The number of benzene rings is 2. The number of allylic oxidation sites excluding steroid dienone is 2. The van der Waals surface area contributed by atoms with Gasteiger partial charge in [0.1, 0.15) is 24.3 Å². The number of amidine groups is 1. The van der Waals surface area contributed by atoms with Crippen molar-refractivity contribution in [2.45, 2.75) is 51.2 Å². The second kappa shape index (κ2) is 11.6. The van der Waals surface area contributed by atoms with E-state index in [4.69, 9.17) is 15.6 Å². The van der Waals surface area contributed by atoms with Crippen LogP contribution in [0.1, 0.15) is 49.7 Å². The van der Waals surface area contributed by atoms with Gasteiger partial charge >= 0.3 is 0 Å². The Morgan fingerprint density at radius 3 is 2.59 bits per heavy atom. The molecular weight excluding hydrogens is 484 g/mol. The van der Waals surface area contributed by atoms with E-state index >= 15 is 0 Å². The third kappa shape index (κ3) is 5.77. The lowest BCUT2D eigenvalue weighted by molar-refractivity contribution is -0.750. The standard InChI is InChI=1S/C32H41N6O/c1-37-17-14-28(15-18-37)35-21-24-10-12-26(13-11-24)31-30-22-34-16-19-38(30,33)32(36-31)27-8-5-9-29(20-27)39-23-25-6-3-2-4-7-25/h2-9,16,19-20,22,24,26,28,35H,10-15,17-18,21,23,33H2,1H3/q+1. The van der Waals surface area contributed by atoms with Gasteiger partial charge in [-0.2, -0.15) is 10.8 Å². The molecule has 2 fully saturated rings. The van der Waals surface area contributed by atoms with Gasteiger partial charge in [0.15, 0.2) is 0 Å². The van der Waals surface area contributed by atoms with Crippen LogP contribution in [0.25, 0.3) is 0 Å². The van der Waals surface area contributed by atoms with Crippen LogP contribution in [0.15, 0.2) is 88.4 Å². The van der Waals surface area contributed by atoms with Crippen molar-refractivity contribution in [3.63, 3.8) is 0 Å². The molecule has 6 rings (SSSR count). The molecule has 39 heavy (non-hydrogen) atoms. The van der Waals surface area contributed by atoms with Gasteiger partial charge in [-0.15, -0.1) is 4.59 Å². The molecule has 0 radical (unpaired) electrons. The molecule has 1 atom stereocenters. The van der Waals surface area contributed by atoms with Crippen LogP contribution < -0.4 is 15.9 Å². The Kier molecular flexibility index (Phi) is 7.75. The first kappa shape index (κ1) is 26.1. The third-order valence-corrected chi connectivity index (χ3v) is 8.81. The number of rotatable bonds is 8. The van der Waals surface area contributed by atoms with Crippen molar-refractivity contribution in [3.05, 3.63) is 89.5 Å². The number of piperidine rings is 1. The number of aliphatic imine (C=N–C) groups is 2. The van der Waals surface area contributed by atoms with E-state index in [1.165, 1.54) is 38.8 Å². The fourth-order valence-corrected chi connectivity index (χ4v) is 6.36. The van der Waals surface area contributed by atoms with Crippen molar-refractivity contribution in [3.8, 4) is 5.75 Å². The Labute approximate surface area is 232 Å². The average Bonchev–Trinajstić information content (AvgIpc) is 3.30. The normalized spacial score (nSPS) is 27.5. The number of nitrogens with two attached hydrogens (primary N) is 1. The van der Waals surface area contributed by atoms with E-state index in [9.17, 15) is 0 Å². The van der Waals surface area contributed by atoms with E-state index in [2.05, 4.69) is 46.5 Å². The predicted molar refractivity (Wildman–Crippen MR) is 157 cm³/mol. The molecule has 0 aromatic heterocycles. The van der Waals surface area contributed by atoms with Gasteiger partial charge in [-0.05, 0) is 94.9 Å². The molecule has 3 heterocycles. The molecule has 204 valence electrons. The number of nitrogens with zero attached hydrogens (tertiary/aromatic N) is 4. The molecular formula is C32H41N6O+. The molecule has 0 bridgehead atoms. The SMILES string of the molecule is CN1CCC(NCC2CCC(C3=C4C=NC=C[N+]4(N)C(c4cccc(OCc5ccccc5)c4)=N3)CC2)CC1. The lowest BCUT2D eigenvalue weighted by Crippen LogP contribution is -2.53. The summed E-state index contributed by atoms with van der Waals surface area (Å²) in [4.78, 5) is 12.1. The van der Waals surface area contributed by atoms with Crippen molar-refractivity contribution in [2.24, 2.45) is 27.7 Å². The molecule has 2 aromatic rings. The maximum absolute atomic E-state index is 7.04. The van der Waals surface area contributed by atoms with Crippen LogP contribution in [0, 0.1) is 11.8 Å². The Bertz CT molecular complexity index is 1270. The highest BCUT2D eigenvalue weighted by Gasteiger charge is 2.46. The van der Waals surface area contributed by atoms with Crippen LogP contribution in [-0.2, 0) is 6.61 Å². The van der Waals surface area contributed by atoms with Gasteiger partial charge in [0.2, 0.25) is 5.70 Å². The number of quaternary nitrogens is 1. The maximum atomic E-state index is 7.04. The molecule has 1 saturated carbocycles. The molecule has 1 aliphatic carbocycles. The molecule has 7 heteroatoms. The van der Waals surface area contributed by atoms with E-state index in [-0.39, 0.29) is 4.59 Å². The first-order valence-electron chi connectivity index (χ1n) is 14.5. The Morgan fingerprint density at radius 2 is 1.79 bits per heavy atom. The quantitative estimate of drug-likeness (QED) is 0.377. The zero-order valence-corrected chi connectivity index (χ0v) is 23.0. The van der Waals surface area contributed by atoms with Crippen LogP contribution in [0.4, 0.5) is 0 Å². The molecule has 0 amide bonds. The smallest absolute Gasteiger partial charge is 0.265 e. The minimum atomic E-state index is 0.0680. The highest BCUT2D eigenvalue weighted by Crippen LogP contribution is 2.41. The van der Waals surface area contributed by atoms with Crippen molar-refractivity contribution < 1.29 is 9.33 Å². The molecule has 3 aliphatic heterocycles. The van der Waals surface area contributed by atoms with Crippen LogP contribution in [0.2, 0.25) is 0 Å². The van der Waals surface area contributed by atoms with Crippen LogP contribution in [-0.4, -0.2) is 54.3 Å². The second-order valence-corrected chi connectivity index (χ2v) is 11.6. The monoisotopic (exact) mass is 525 g/mol. The summed E-state index contributed by atoms with van der Waals surface area (Å²) in [6.45, 7) is 4.08. The Morgan fingerprint density at radius 1 is 1.00 bits per heavy atom. The molecule has 4 aliphatic rings. The van der Waals surface area contributed by atoms with Gasteiger partial charge in [0.05, 0.1) is 18.0 Å². The number of hydrogen-bond acceptors (Lipinski definition) is 6. The minimum absolute atomic E-state index is 0.0680. The summed E-state index contributed by atoms with van der Waals surface area (Å²) in [6, 6.07) is 19.1. The maximum Gasteiger partial charge on any atom is 0.265 e. The fraction of sp³-hybridized carbons (Fsp3) is 0.438. The minimum Gasteiger partial charge on any atom is -0.489 e. The van der Waals surface area contributed by atoms with E-state index in [1.807, 2.05) is 42.7 Å². The molecule has 0 spiro atoms. The first-order chi connectivity index (χ1) is 19.1. The Balaban J connectivity index is 1.13. The number of hydrogen-bond donors (Lipinski definition) is 2. The fourth-order valence-electron chi connectivity index (χ4n) is 6.36. The van der Waals surface area contributed by atoms with E-state index in [1.54, 1.807) is 6.20 Å². The zero-order valence-electron chi connectivity index (χ0n) is 23.0. The molecule has 3 N–H and O–H groups in total. The summed E-state index contributed by atoms with van der Waals surface area (Å²) in [5, 5.41) is 3.87. The zero-order chi connectivity index (χ0) is 26.7. The van der Waals surface area contributed by atoms with Gasteiger partial charge < -0.3 is 15.0 Å². The third-order valence-electron chi connectivity index (χ3n) is 8.81. The van der Waals surface area contributed by atoms with Gasteiger partial charge in [-0.1, -0.05) is 36.4 Å². The van der Waals surface area contributed by atoms with Crippen molar-refractivity contribution in [2.75, 3.05) is 26.7 Å². The van der Waals surface area contributed by atoms with E-state index in [0.717, 1.165) is 59.4 Å². The lowest BCUT2D eigenvalue weighted by Gasteiger charge is -2.33. The van der Waals surface area contributed by atoms with Gasteiger partial charge in [-0.25, -0.2) is 0 Å². The number of ether oxygens (including phenoxy) is 1. The van der Waals surface area contributed by atoms with E-state index in [0.29, 0.717) is 18.6 Å². The topological polar surface area (TPSA) is 75.2 Å². The average molecular weight is 526 g/mol.